The van der Waals surface area contributed by atoms with Crippen molar-refractivity contribution in [2.45, 2.75) is 121 Å². The lowest BCUT2D eigenvalue weighted by atomic mass is 9.88. The van der Waals surface area contributed by atoms with E-state index in [1.165, 1.54) is 0 Å². The average molecular weight is 637 g/mol. The number of epoxide rings is 1. The lowest BCUT2D eigenvalue weighted by Gasteiger charge is -2.37. The van der Waals surface area contributed by atoms with Crippen LogP contribution in [0.25, 0.3) is 0 Å². The number of ether oxygens (including phenoxy) is 4. The number of amides is 1. The molecule has 45 heavy (non-hydrogen) atoms. The highest BCUT2D eigenvalue weighted by atomic mass is 16.6. The van der Waals surface area contributed by atoms with Crippen molar-refractivity contribution >= 4 is 12.1 Å². The first-order valence-corrected chi connectivity index (χ1v) is 16.4. The third-order valence-electron chi connectivity index (χ3n) is 9.42. The van der Waals surface area contributed by atoms with Gasteiger partial charge in [-0.25, -0.2) is 4.79 Å². The van der Waals surface area contributed by atoms with Crippen molar-refractivity contribution in [3.8, 4) is 0 Å². The van der Waals surface area contributed by atoms with Gasteiger partial charge in [0.1, 0.15) is 11.7 Å². The van der Waals surface area contributed by atoms with Crippen molar-refractivity contribution in [1.29, 1.82) is 0 Å². The number of nitrogens with zero attached hydrogens (tertiary/aromatic N) is 1. The van der Waals surface area contributed by atoms with Crippen molar-refractivity contribution < 1.29 is 43.9 Å². The Morgan fingerprint density at radius 3 is 2.64 bits per heavy atom. The summed E-state index contributed by atoms with van der Waals surface area (Å²) in [6.45, 7) is 13.7. The monoisotopic (exact) mass is 636 g/mol. The van der Waals surface area contributed by atoms with E-state index in [0.717, 1.165) is 5.57 Å². The molecule has 4 N–H and O–H groups in total. The second-order valence-corrected chi connectivity index (χ2v) is 13.4. The van der Waals surface area contributed by atoms with E-state index in [9.17, 15) is 24.9 Å². The Kier molecular flexibility index (Phi) is 13.6. The van der Waals surface area contributed by atoms with Crippen molar-refractivity contribution in [3.05, 3.63) is 36.0 Å². The van der Waals surface area contributed by atoms with Crippen LogP contribution in [-0.4, -0.2) is 113 Å². The van der Waals surface area contributed by atoms with Gasteiger partial charge in [0.15, 0.2) is 6.10 Å². The molecule has 0 saturated carbocycles. The van der Waals surface area contributed by atoms with Gasteiger partial charge in [0.25, 0.3) is 0 Å². The predicted molar refractivity (Wildman–Crippen MR) is 170 cm³/mol. The summed E-state index contributed by atoms with van der Waals surface area (Å²) in [6, 6.07) is 0. The van der Waals surface area contributed by atoms with Crippen LogP contribution >= 0.6 is 0 Å². The molecule has 0 aromatic heterocycles. The van der Waals surface area contributed by atoms with Crippen LogP contribution in [0.2, 0.25) is 0 Å². The number of nitrogens with one attached hydrogen (secondary N) is 1. The molecule has 10 atom stereocenters. The number of piperazine rings is 1. The number of cyclic esters (lactones) is 1. The zero-order valence-electron chi connectivity index (χ0n) is 28.1. The molecule has 0 aromatic rings. The maximum atomic E-state index is 13.1. The van der Waals surface area contributed by atoms with E-state index in [1.54, 1.807) is 43.2 Å². The Hall–Kier alpha value is -2.28. The molecule has 1 amide bonds. The first kappa shape index (κ1) is 37.2. The van der Waals surface area contributed by atoms with Crippen LogP contribution < -0.4 is 5.32 Å². The van der Waals surface area contributed by atoms with Gasteiger partial charge in [-0.2, -0.15) is 0 Å². The first-order valence-electron chi connectivity index (χ1n) is 16.4. The molecule has 0 radical (unpaired) electrons. The Balaban J connectivity index is 1.77. The number of esters is 1. The Labute approximate surface area is 268 Å². The summed E-state index contributed by atoms with van der Waals surface area (Å²) in [5.41, 5.74) is -1.34. The van der Waals surface area contributed by atoms with Gasteiger partial charge in [-0.3, -0.25) is 4.79 Å². The van der Waals surface area contributed by atoms with Gasteiger partial charge in [-0.1, -0.05) is 45.1 Å². The molecule has 0 bridgehead atoms. The molecule has 3 rings (SSSR count). The fourth-order valence-corrected chi connectivity index (χ4v) is 6.04. The van der Waals surface area contributed by atoms with Crippen LogP contribution in [0.3, 0.4) is 0 Å². The summed E-state index contributed by atoms with van der Waals surface area (Å²) in [4.78, 5) is 27.6. The van der Waals surface area contributed by atoms with Crippen LogP contribution in [0.15, 0.2) is 36.0 Å². The SMILES string of the molecule is CC[C@H](O)[C@@H](C)[C@@H]1O[C@H]1C[C@@](C)(O)/C=C/C=C(\C)[C@H]1OC(=O)C[C@H](O)CC[C@@](C)(OC)[C@@H](OC(=O)N2CCNCC2)/C=C\[C@@H]1C. The van der Waals surface area contributed by atoms with E-state index in [1.807, 2.05) is 40.7 Å². The highest BCUT2D eigenvalue weighted by Gasteiger charge is 2.47. The number of aliphatic hydroxyl groups excluding tert-OH is 2. The largest absolute Gasteiger partial charge is 0.457 e. The zero-order chi connectivity index (χ0) is 33.4. The van der Waals surface area contributed by atoms with Crippen LogP contribution in [0, 0.1) is 11.8 Å². The molecule has 256 valence electrons. The molecule has 2 saturated heterocycles. The number of carbonyl (C=O) groups is 2. The zero-order valence-corrected chi connectivity index (χ0v) is 28.1. The summed E-state index contributed by atoms with van der Waals surface area (Å²) in [6.07, 6.45) is 6.95. The van der Waals surface area contributed by atoms with Gasteiger partial charge in [0.05, 0.1) is 36.4 Å². The highest BCUT2D eigenvalue weighted by molar-refractivity contribution is 5.70. The Morgan fingerprint density at radius 1 is 1.31 bits per heavy atom. The van der Waals surface area contributed by atoms with Crippen molar-refractivity contribution in [3.63, 3.8) is 0 Å². The molecule has 11 heteroatoms. The molecule has 3 aliphatic rings. The number of carbonyl (C=O) groups excluding carboxylic acids is 2. The van der Waals surface area contributed by atoms with Crippen LogP contribution in [0.5, 0.6) is 0 Å². The molecule has 0 aromatic carbocycles. The minimum atomic E-state index is -1.14. The lowest BCUT2D eigenvalue weighted by Crippen LogP contribution is -2.50. The number of aliphatic hydroxyl groups is 3. The maximum Gasteiger partial charge on any atom is 0.410 e. The van der Waals surface area contributed by atoms with E-state index < -0.39 is 47.7 Å². The van der Waals surface area contributed by atoms with Gasteiger partial charge in [0, 0.05) is 51.5 Å². The molecule has 3 heterocycles. The number of rotatable bonds is 10. The van der Waals surface area contributed by atoms with Crippen molar-refractivity contribution in [2.24, 2.45) is 11.8 Å². The second kappa shape index (κ2) is 16.5. The molecular formula is C34H56N2O9. The molecule has 2 fully saturated rings. The summed E-state index contributed by atoms with van der Waals surface area (Å²) < 4.78 is 23.5. The maximum absolute atomic E-state index is 13.1. The molecule has 0 aliphatic carbocycles. The third-order valence-corrected chi connectivity index (χ3v) is 9.42. The van der Waals surface area contributed by atoms with E-state index >= 15 is 0 Å². The number of hydrogen-bond donors (Lipinski definition) is 4. The minimum absolute atomic E-state index is 0.00213. The quantitative estimate of drug-likeness (QED) is 0.122. The van der Waals surface area contributed by atoms with Gasteiger partial charge < -0.3 is 44.5 Å². The van der Waals surface area contributed by atoms with Crippen LogP contribution in [0.1, 0.15) is 73.6 Å². The van der Waals surface area contributed by atoms with Crippen LogP contribution in [-0.2, 0) is 23.7 Å². The van der Waals surface area contributed by atoms with Gasteiger partial charge >= 0.3 is 12.1 Å². The topological polar surface area (TPSA) is 150 Å². The van der Waals surface area contributed by atoms with E-state index in [-0.39, 0.29) is 36.9 Å². The number of hydrogen-bond acceptors (Lipinski definition) is 10. The third kappa shape index (κ3) is 10.9. The highest BCUT2D eigenvalue weighted by Crippen LogP contribution is 2.37. The molecule has 11 nitrogen and oxygen atoms in total. The lowest BCUT2D eigenvalue weighted by molar-refractivity contribution is -0.151. The molecule has 0 spiro atoms. The molecule has 3 aliphatic heterocycles. The Bertz CT molecular complexity index is 1070. The second-order valence-electron chi connectivity index (χ2n) is 13.4. The summed E-state index contributed by atoms with van der Waals surface area (Å²) >= 11 is 0. The van der Waals surface area contributed by atoms with E-state index in [2.05, 4.69) is 5.32 Å². The van der Waals surface area contributed by atoms with Gasteiger partial charge in [0.2, 0.25) is 0 Å². The normalized spacial score (nSPS) is 35.4. The van der Waals surface area contributed by atoms with Gasteiger partial charge in [-0.15, -0.1) is 0 Å². The fourth-order valence-electron chi connectivity index (χ4n) is 6.04. The Morgan fingerprint density at radius 2 is 2.00 bits per heavy atom. The smallest absolute Gasteiger partial charge is 0.410 e. The minimum Gasteiger partial charge on any atom is -0.457 e. The summed E-state index contributed by atoms with van der Waals surface area (Å²) in [7, 11) is 1.55. The van der Waals surface area contributed by atoms with Crippen molar-refractivity contribution in [1.82, 2.24) is 10.2 Å². The number of allylic oxidation sites excluding steroid dienone is 2. The molecule has 0 unspecified atom stereocenters. The predicted octanol–water partition coefficient (Wildman–Crippen LogP) is 3.27. The fraction of sp³-hybridized carbons (Fsp3) is 0.765. The number of methoxy groups -OCH3 is 1. The summed E-state index contributed by atoms with van der Waals surface area (Å²) in [5.74, 6) is -0.833. The van der Waals surface area contributed by atoms with Gasteiger partial charge in [-0.05, 0) is 51.7 Å². The standard InChI is InChI=1S/C34H56N2O9/c1-8-26(38)24(4)31-27(43-31)21-33(5,41)14-9-10-22(2)30-23(3)11-12-28(44-32(40)36-18-16-35-17-19-36)34(6,42-7)15-13-25(37)20-29(39)45-30/h9-12,14,23-28,30-31,35,37-38,41H,8,13,15-21H2,1-7H3/b12-11-,14-9+,22-10+/t23-,24+,25+,26-,27-,28-,30+,31-,33-,34+/m0/s1. The average Bonchev–Trinajstić information content (AvgIpc) is 3.77. The van der Waals surface area contributed by atoms with Crippen molar-refractivity contribution in [2.75, 3.05) is 33.3 Å². The van der Waals surface area contributed by atoms with E-state index in [4.69, 9.17) is 18.9 Å². The van der Waals surface area contributed by atoms with Crippen LogP contribution in [0.4, 0.5) is 4.79 Å². The first-order chi connectivity index (χ1) is 21.2. The summed E-state index contributed by atoms with van der Waals surface area (Å²) in [5, 5.41) is 35.0. The molecular weight excluding hydrogens is 580 g/mol. The van der Waals surface area contributed by atoms with E-state index in [0.29, 0.717) is 45.4 Å².